The van der Waals surface area contributed by atoms with E-state index in [0.29, 0.717) is 30.2 Å². The van der Waals surface area contributed by atoms with Gasteiger partial charge in [-0.1, -0.05) is 67.1 Å². The average molecular weight is 419 g/mol. The van der Waals surface area contributed by atoms with Gasteiger partial charge in [0.15, 0.2) is 0 Å². The number of hydrogen-bond acceptors (Lipinski definition) is 3. The lowest BCUT2D eigenvalue weighted by atomic mass is 10.1. The van der Waals surface area contributed by atoms with Crippen LogP contribution in [0.1, 0.15) is 30.9 Å². The molecule has 0 radical (unpaired) electrons. The van der Waals surface area contributed by atoms with E-state index in [1.165, 1.54) is 5.56 Å². The summed E-state index contributed by atoms with van der Waals surface area (Å²) in [5.74, 6) is 1.39. The zero-order chi connectivity index (χ0) is 20.4. The van der Waals surface area contributed by atoms with Crippen molar-refractivity contribution in [3.05, 3.63) is 70.7 Å². The standard InChI is InChI=1S/C22H27ClN2O2S/c1-3-20(22(27)24-2)25(15-18-11-7-8-12-19(18)23)21(26)13-14-28-16-17-9-5-4-6-10-17/h4-12,20H,3,13-16H2,1-2H3,(H,24,27). The van der Waals surface area contributed by atoms with Crippen LogP contribution in [0.2, 0.25) is 5.02 Å². The van der Waals surface area contributed by atoms with Crippen molar-refractivity contribution in [3.8, 4) is 0 Å². The lowest BCUT2D eigenvalue weighted by Crippen LogP contribution is -2.48. The van der Waals surface area contributed by atoms with Gasteiger partial charge >= 0.3 is 0 Å². The zero-order valence-electron chi connectivity index (χ0n) is 16.4. The van der Waals surface area contributed by atoms with Crippen LogP contribution >= 0.6 is 23.4 Å². The van der Waals surface area contributed by atoms with Crippen molar-refractivity contribution < 1.29 is 9.59 Å². The third-order valence-electron chi connectivity index (χ3n) is 4.50. The van der Waals surface area contributed by atoms with Crippen molar-refractivity contribution in [2.45, 2.75) is 38.1 Å². The van der Waals surface area contributed by atoms with E-state index in [0.717, 1.165) is 11.3 Å². The Morgan fingerprint density at radius 1 is 1.11 bits per heavy atom. The summed E-state index contributed by atoms with van der Waals surface area (Å²) < 4.78 is 0. The Hall–Kier alpha value is -1.98. The number of rotatable bonds is 10. The topological polar surface area (TPSA) is 49.4 Å². The average Bonchev–Trinajstić information content (AvgIpc) is 2.72. The Morgan fingerprint density at radius 3 is 2.43 bits per heavy atom. The molecule has 4 nitrogen and oxygen atoms in total. The molecule has 150 valence electrons. The molecule has 2 rings (SSSR count). The van der Waals surface area contributed by atoms with Crippen LogP contribution < -0.4 is 5.32 Å². The van der Waals surface area contributed by atoms with E-state index in [1.807, 2.05) is 43.3 Å². The minimum absolute atomic E-state index is 0.0315. The van der Waals surface area contributed by atoms with Gasteiger partial charge in [0.1, 0.15) is 6.04 Å². The lowest BCUT2D eigenvalue weighted by Gasteiger charge is -2.30. The van der Waals surface area contributed by atoms with Crippen molar-refractivity contribution in [2.75, 3.05) is 12.8 Å². The monoisotopic (exact) mass is 418 g/mol. The number of nitrogens with one attached hydrogen (secondary N) is 1. The fraction of sp³-hybridized carbons (Fsp3) is 0.364. The molecule has 0 heterocycles. The van der Waals surface area contributed by atoms with Gasteiger partial charge in [-0.3, -0.25) is 9.59 Å². The number of carbonyl (C=O) groups is 2. The Balaban J connectivity index is 2.03. The van der Waals surface area contributed by atoms with Crippen LogP contribution in [0.25, 0.3) is 0 Å². The Bertz CT molecular complexity index is 770. The summed E-state index contributed by atoms with van der Waals surface area (Å²) in [5.41, 5.74) is 2.08. The van der Waals surface area contributed by atoms with Gasteiger partial charge in [0.2, 0.25) is 11.8 Å². The molecule has 1 N–H and O–H groups in total. The molecule has 0 aliphatic carbocycles. The second kappa shape index (κ2) is 11.8. The first-order valence-corrected chi connectivity index (χ1v) is 11.0. The summed E-state index contributed by atoms with van der Waals surface area (Å²) in [6.45, 7) is 2.24. The molecule has 0 aliphatic rings. The number of likely N-dealkylation sites (N-methyl/N-ethyl adjacent to an activating group) is 1. The first kappa shape index (κ1) is 22.3. The third-order valence-corrected chi connectivity index (χ3v) is 5.90. The maximum absolute atomic E-state index is 13.0. The number of thioether (sulfide) groups is 1. The fourth-order valence-electron chi connectivity index (χ4n) is 2.96. The van der Waals surface area contributed by atoms with E-state index in [-0.39, 0.29) is 11.8 Å². The highest BCUT2D eigenvalue weighted by atomic mass is 35.5. The van der Waals surface area contributed by atoms with Crippen molar-refractivity contribution in [1.29, 1.82) is 0 Å². The van der Waals surface area contributed by atoms with E-state index in [1.54, 1.807) is 29.8 Å². The van der Waals surface area contributed by atoms with E-state index in [2.05, 4.69) is 17.4 Å². The molecule has 2 aromatic rings. The van der Waals surface area contributed by atoms with Crippen LogP contribution in [0.15, 0.2) is 54.6 Å². The summed E-state index contributed by atoms with van der Waals surface area (Å²) in [6.07, 6.45) is 0.933. The highest BCUT2D eigenvalue weighted by Crippen LogP contribution is 2.21. The molecule has 0 aliphatic heterocycles. The number of benzene rings is 2. The number of amides is 2. The van der Waals surface area contributed by atoms with Crippen LogP contribution in [-0.2, 0) is 21.9 Å². The maximum Gasteiger partial charge on any atom is 0.242 e. The summed E-state index contributed by atoms with van der Waals surface area (Å²) in [7, 11) is 1.60. The minimum Gasteiger partial charge on any atom is -0.357 e. The first-order chi connectivity index (χ1) is 13.6. The molecular weight excluding hydrogens is 392 g/mol. The predicted molar refractivity (Wildman–Crippen MR) is 117 cm³/mol. The fourth-order valence-corrected chi connectivity index (χ4v) is 4.05. The minimum atomic E-state index is -0.507. The van der Waals surface area contributed by atoms with E-state index in [4.69, 9.17) is 11.6 Å². The molecular formula is C22H27ClN2O2S. The zero-order valence-corrected chi connectivity index (χ0v) is 17.9. The van der Waals surface area contributed by atoms with Gasteiger partial charge in [0.05, 0.1) is 0 Å². The molecule has 0 fully saturated rings. The van der Waals surface area contributed by atoms with Gasteiger partial charge in [-0.2, -0.15) is 11.8 Å². The van der Waals surface area contributed by atoms with Gasteiger partial charge in [0, 0.05) is 36.5 Å². The predicted octanol–water partition coefficient (Wildman–Crippen LogP) is 4.52. The first-order valence-electron chi connectivity index (χ1n) is 9.43. The van der Waals surface area contributed by atoms with Gasteiger partial charge in [0.25, 0.3) is 0 Å². The molecule has 0 saturated heterocycles. The lowest BCUT2D eigenvalue weighted by molar-refractivity contribution is -0.140. The van der Waals surface area contributed by atoms with E-state index >= 15 is 0 Å². The molecule has 0 aromatic heterocycles. The SMILES string of the molecule is CCC(C(=O)NC)N(Cc1ccccc1Cl)C(=O)CCSCc1ccccc1. The van der Waals surface area contributed by atoms with Crippen LogP contribution in [0, 0.1) is 0 Å². The van der Waals surface area contributed by atoms with Gasteiger partial charge in [-0.15, -0.1) is 0 Å². The molecule has 1 atom stereocenters. The van der Waals surface area contributed by atoms with Crippen LogP contribution in [0.4, 0.5) is 0 Å². The molecule has 1 unspecified atom stereocenters. The number of halogens is 1. The smallest absolute Gasteiger partial charge is 0.242 e. The summed E-state index contributed by atoms with van der Waals surface area (Å²) >= 11 is 8.01. The van der Waals surface area contributed by atoms with Crippen LogP contribution in [0.5, 0.6) is 0 Å². The number of nitrogens with zero attached hydrogens (tertiary/aromatic N) is 1. The van der Waals surface area contributed by atoms with E-state index < -0.39 is 6.04 Å². The molecule has 0 spiro atoms. The molecule has 0 saturated carbocycles. The van der Waals surface area contributed by atoms with Crippen molar-refractivity contribution >= 4 is 35.2 Å². The van der Waals surface area contributed by atoms with Crippen LogP contribution in [0.3, 0.4) is 0 Å². The Kier molecular flexibility index (Phi) is 9.38. The molecule has 2 aromatic carbocycles. The highest BCUT2D eigenvalue weighted by Gasteiger charge is 2.28. The molecule has 28 heavy (non-hydrogen) atoms. The van der Waals surface area contributed by atoms with Crippen molar-refractivity contribution in [1.82, 2.24) is 10.2 Å². The molecule has 0 bridgehead atoms. The van der Waals surface area contributed by atoms with Crippen LogP contribution in [-0.4, -0.2) is 35.6 Å². The second-order valence-corrected chi connectivity index (χ2v) is 7.95. The van der Waals surface area contributed by atoms with Gasteiger partial charge in [-0.05, 0) is 23.6 Å². The van der Waals surface area contributed by atoms with Crippen molar-refractivity contribution in [2.24, 2.45) is 0 Å². The third kappa shape index (κ3) is 6.57. The summed E-state index contributed by atoms with van der Waals surface area (Å²) in [5, 5.41) is 3.27. The largest absolute Gasteiger partial charge is 0.357 e. The second-order valence-electron chi connectivity index (χ2n) is 6.44. The summed E-state index contributed by atoms with van der Waals surface area (Å²) in [6, 6.07) is 17.1. The van der Waals surface area contributed by atoms with Gasteiger partial charge < -0.3 is 10.2 Å². The molecule has 2 amide bonds. The number of hydrogen-bond donors (Lipinski definition) is 1. The van der Waals surface area contributed by atoms with Gasteiger partial charge in [-0.25, -0.2) is 0 Å². The van der Waals surface area contributed by atoms with Crippen molar-refractivity contribution in [3.63, 3.8) is 0 Å². The summed E-state index contributed by atoms with van der Waals surface area (Å²) in [4.78, 5) is 27.0. The maximum atomic E-state index is 13.0. The van der Waals surface area contributed by atoms with E-state index in [9.17, 15) is 9.59 Å². The Morgan fingerprint density at radius 2 is 1.79 bits per heavy atom. The number of carbonyl (C=O) groups excluding carboxylic acids is 2. The quantitative estimate of drug-likeness (QED) is 0.577. The Labute approximate surface area is 176 Å². The normalized spacial score (nSPS) is 11.7. The molecule has 6 heteroatoms. The highest BCUT2D eigenvalue weighted by molar-refractivity contribution is 7.98.